The number of halogens is 1. The number of guanidine groups is 1. The van der Waals surface area contributed by atoms with Gasteiger partial charge in [0.05, 0.1) is 12.1 Å². The van der Waals surface area contributed by atoms with Crippen LogP contribution < -0.4 is 14.8 Å². The van der Waals surface area contributed by atoms with Crippen LogP contribution in [0.5, 0.6) is 11.5 Å². The summed E-state index contributed by atoms with van der Waals surface area (Å²) < 4.78 is 10.8. The Morgan fingerprint density at radius 3 is 2.56 bits per heavy atom. The van der Waals surface area contributed by atoms with Crippen molar-refractivity contribution in [2.45, 2.75) is 45.8 Å². The molecule has 0 saturated carbocycles. The SMILES string of the molecule is CCNC(=NCC(O)(CC)CC)N(C)Cc1ccc2c(c1)OCO2.I. The average molecular weight is 463 g/mol. The predicted octanol–water partition coefficient (Wildman–Crippen LogP) is 2.98. The summed E-state index contributed by atoms with van der Waals surface area (Å²) >= 11 is 0. The summed E-state index contributed by atoms with van der Waals surface area (Å²) in [5, 5.41) is 13.7. The second-order valence-electron chi connectivity index (χ2n) is 6.15. The van der Waals surface area contributed by atoms with Crippen molar-refractivity contribution < 1.29 is 14.6 Å². The van der Waals surface area contributed by atoms with Crippen molar-refractivity contribution in [3.8, 4) is 11.5 Å². The first-order valence-corrected chi connectivity index (χ1v) is 8.61. The summed E-state index contributed by atoms with van der Waals surface area (Å²) in [6.45, 7) is 8.17. The second kappa shape index (κ2) is 10.1. The number of hydrogen-bond acceptors (Lipinski definition) is 4. The Labute approximate surface area is 167 Å². The Bertz CT molecular complexity index is 577. The minimum Gasteiger partial charge on any atom is -0.454 e. The van der Waals surface area contributed by atoms with Gasteiger partial charge in [-0.2, -0.15) is 0 Å². The molecule has 0 amide bonds. The lowest BCUT2D eigenvalue weighted by molar-refractivity contribution is 0.0416. The fourth-order valence-corrected chi connectivity index (χ4v) is 2.55. The van der Waals surface area contributed by atoms with Crippen molar-refractivity contribution >= 4 is 29.9 Å². The monoisotopic (exact) mass is 463 g/mol. The third kappa shape index (κ3) is 5.91. The van der Waals surface area contributed by atoms with Gasteiger partial charge >= 0.3 is 0 Å². The summed E-state index contributed by atoms with van der Waals surface area (Å²) in [5.41, 5.74) is 0.383. The Morgan fingerprint density at radius 2 is 1.92 bits per heavy atom. The molecule has 1 aliphatic rings. The summed E-state index contributed by atoms with van der Waals surface area (Å²) in [6.07, 6.45) is 1.39. The Morgan fingerprint density at radius 1 is 1.24 bits per heavy atom. The zero-order chi connectivity index (χ0) is 17.6. The molecule has 0 radical (unpaired) electrons. The van der Waals surface area contributed by atoms with Crippen LogP contribution in [0, 0.1) is 0 Å². The highest BCUT2D eigenvalue weighted by molar-refractivity contribution is 14.0. The minimum absolute atomic E-state index is 0. The van der Waals surface area contributed by atoms with Gasteiger partial charge in [0, 0.05) is 20.1 Å². The topological polar surface area (TPSA) is 66.3 Å². The van der Waals surface area contributed by atoms with E-state index in [1.807, 2.05) is 50.9 Å². The van der Waals surface area contributed by atoms with Crippen LogP contribution in [0.4, 0.5) is 0 Å². The summed E-state index contributed by atoms with van der Waals surface area (Å²) in [6, 6.07) is 5.96. The molecule has 0 spiro atoms. The number of nitrogens with zero attached hydrogens (tertiary/aromatic N) is 2. The molecular formula is C18H30IN3O3. The van der Waals surface area contributed by atoms with E-state index in [0.717, 1.165) is 29.6 Å². The fourth-order valence-electron chi connectivity index (χ4n) is 2.55. The van der Waals surface area contributed by atoms with Gasteiger partial charge in [0.1, 0.15) is 0 Å². The summed E-state index contributed by atoms with van der Waals surface area (Å²) in [4.78, 5) is 6.67. The maximum Gasteiger partial charge on any atom is 0.231 e. The van der Waals surface area contributed by atoms with Crippen molar-refractivity contribution in [3.63, 3.8) is 0 Å². The normalized spacial score (nSPS) is 13.4. The molecule has 2 rings (SSSR count). The predicted molar refractivity (Wildman–Crippen MR) is 111 cm³/mol. The minimum atomic E-state index is -0.736. The van der Waals surface area contributed by atoms with Crippen LogP contribution >= 0.6 is 24.0 Å². The molecule has 142 valence electrons. The molecule has 0 atom stereocenters. The number of aliphatic imine (C=N–C) groups is 1. The molecule has 1 aromatic carbocycles. The Hall–Kier alpha value is -1.22. The van der Waals surface area contributed by atoms with Gasteiger partial charge in [0.25, 0.3) is 0 Å². The largest absolute Gasteiger partial charge is 0.454 e. The number of ether oxygens (including phenoxy) is 2. The maximum atomic E-state index is 10.4. The van der Waals surface area contributed by atoms with E-state index in [1.165, 1.54) is 0 Å². The van der Waals surface area contributed by atoms with Crippen LogP contribution in [-0.2, 0) is 6.54 Å². The van der Waals surface area contributed by atoms with E-state index in [9.17, 15) is 5.11 Å². The van der Waals surface area contributed by atoms with Crippen LogP contribution in [0.3, 0.4) is 0 Å². The molecule has 0 aliphatic carbocycles. The van der Waals surface area contributed by atoms with Gasteiger partial charge in [-0.25, -0.2) is 0 Å². The molecule has 1 heterocycles. The van der Waals surface area contributed by atoms with Gasteiger partial charge in [-0.15, -0.1) is 24.0 Å². The molecule has 0 bridgehead atoms. The molecule has 0 aromatic heterocycles. The van der Waals surface area contributed by atoms with E-state index in [1.54, 1.807) is 0 Å². The lowest BCUT2D eigenvalue weighted by Crippen LogP contribution is -2.40. The highest BCUT2D eigenvalue weighted by Crippen LogP contribution is 2.32. The first-order chi connectivity index (χ1) is 11.5. The maximum absolute atomic E-state index is 10.4. The number of benzene rings is 1. The number of fused-ring (bicyclic) bond motifs is 1. The highest BCUT2D eigenvalue weighted by Gasteiger charge is 2.22. The van der Waals surface area contributed by atoms with Crippen molar-refractivity contribution in [1.29, 1.82) is 0 Å². The average Bonchev–Trinajstić information content (AvgIpc) is 3.06. The van der Waals surface area contributed by atoms with Crippen LogP contribution in [-0.4, -0.2) is 48.5 Å². The number of rotatable bonds is 7. The van der Waals surface area contributed by atoms with Crippen molar-refractivity contribution in [2.75, 3.05) is 26.9 Å². The van der Waals surface area contributed by atoms with Gasteiger partial charge in [-0.3, -0.25) is 4.99 Å². The van der Waals surface area contributed by atoms with E-state index in [0.29, 0.717) is 25.9 Å². The van der Waals surface area contributed by atoms with Crippen molar-refractivity contribution in [3.05, 3.63) is 23.8 Å². The molecule has 1 aromatic rings. The number of nitrogens with one attached hydrogen (secondary N) is 1. The quantitative estimate of drug-likeness (QED) is 0.370. The van der Waals surface area contributed by atoms with Crippen LogP contribution in [0.2, 0.25) is 0 Å². The zero-order valence-electron chi connectivity index (χ0n) is 15.5. The summed E-state index contributed by atoms with van der Waals surface area (Å²) in [7, 11) is 1.99. The van der Waals surface area contributed by atoms with E-state index < -0.39 is 5.60 Å². The van der Waals surface area contributed by atoms with Gasteiger partial charge < -0.3 is 24.8 Å². The standard InChI is InChI=1S/C18H29N3O3.HI/c1-5-18(22,6-2)12-20-17(19-7-3)21(4)11-14-8-9-15-16(10-14)24-13-23-15;/h8-10,22H,5-7,11-13H2,1-4H3,(H,19,20);1H. The zero-order valence-corrected chi connectivity index (χ0v) is 17.9. The van der Waals surface area contributed by atoms with Gasteiger partial charge in [0.15, 0.2) is 17.5 Å². The lowest BCUT2D eigenvalue weighted by atomic mass is 9.98. The van der Waals surface area contributed by atoms with E-state index in [2.05, 4.69) is 10.3 Å². The smallest absolute Gasteiger partial charge is 0.231 e. The van der Waals surface area contributed by atoms with Gasteiger partial charge in [0.2, 0.25) is 6.79 Å². The summed E-state index contributed by atoms with van der Waals surface area (Å²) in [5.74, 6) is 2.36. The Kier molecular flexibility index (Phi) is 8.78. The lowest BCUT2D eigenvalue weighted by Gasteiger charge is -2.26. The van der Waals surface area contributed by atoms with Crippen molar-refractivity contribution in [2.24, 2.45) is 4.99 Å². The van der Waals surface area contributed by atoms with Gasteiger partial charge in [-0.1, -0.05) is 19.9 Å². The van der Waals surface area contributed by atoms with Gasteiger partial charge in [-0.05, 0) is 37.5 Å². The molecule has 0 unspecified atom stereocenters. The third-order valence-corrected chi connectivity index (χ3v) is 4.39. The molecule has 0 fully saturated rings. The molecule has 25 heavy (non-hydrogen) atoms. The van der Waals surface area contributed by atoms with Crippen LogP contribution in [0.1, 0.15) is 39.2 Å². The van der Waals surface area contributed by atoms with Crippen molar-refractivity contribution in [1.82, 2.24) is 10.2 Å². The van der Waals surface area contributed by atoms with Crippen LogP contribution in [0.15, 0.2) is 23.2 Å². The first-order valence-electron chi connectivity index (χ1n) is 8.61. The molecule has 1 aliphatic heterocycles. The third-order valence-electron chi connectivity index (χ3n) is 4.39. The first kappa shape index (κ1) is 21.8. The molecule has 2 N–H and O–H groups in total. The molecular weight excluding hydrogens is 433 g/mol. The fraction of sp³-hybridized carbons (Fsp3) is 0.611. The molecule has 6 nitrogen and oxygen atoms in total. The van der Waals surface area contributed by atoms with E-state index in [-0.39, 0.29) is 30.8 Å². The molecule has 0 saturated heterocycles. The molecule has 7 heteroatoms. The number of aliphatic hydroxyl groups is 1. The Balaban J connectivity index is 0.00000312. The van der Waals surface area contributed by atoms with E-state index in [4.69, 9.17) is 9.47 Å². The van der Waals surface area contributed by atoms with E-state index >= 15 is 0 Å². The second-order valence-corrected chi connectivity index (χ2v) is 6.15. The van der Waals surface area contributed by atoms with Crippen LogP contribution in [0.25, 0.3) is 0 Å². The highest BCUT2D eigenvalue weighted by atomic mass is 127. The number of hydrogen-bond donors (Lipinski definition) is 2.